The molecule has 0 spiro atoms. The van der Waals surface area contributed by atoms with E-state index in [2.05, 4.69) is 30.3 Å². The van der Waals surface area contributed by atoms with Crippen LogP contribution in [0.5, 0.6) is 0 Å². The van der Waals surface area contributed by atoms with Crippen LogP contribution in [-0.4, -0.2) is 5.78 Å². The number of hydrogen-bond donors (Lipinski definition) is 0. The first-order chi connectivity index (χ1) is 7.34. The van der Waals surface area contributed by atoms with Gasteiger partial charge in [-0.15, -0.1) is 24.0 Å². The van der Waals surface area contributed by atoms with Gasteiger partial charge in [0.25, 0.3) is 0 Å². The first kappa shape index (κ1) is 12.1. The van der Waals surface area contributed by atoms with Crippen molar-refractivity contribution in [2.75, 3.05) is 0 Å². The molecule has 1 nitrogen and oxygen atoms in total. The number of carbonyl (C=O) groups excluding carboxylic acids is 1. The smallest absolute Gasteiger partial charge is 0.133 e. The van der Waals surface area contributed by atoms with Gasteiger partial charge in [-0.3, -0.25) is 4.79 Å². The Bertz CT molecular complexity index is 369. The summed E-state index contributed by atoms with van der Waals surface area (Å²) in [4.78, 5) is 11.1. The summed E-state index contributed by atoms with van der Waals surface area (Å²) < 4.78 is 0. The Morgan fingerprint density at radius 1 is 1.12 bits per heavy atom. The number of benzene rings is 1. The second kappa shape index (κ2) is 4.86. The molecule has 0 saturated heterocycles. The van der Waals surface area contributed by atoms with Crippen molar-refractivity contribution in [3.05, 3.63) is 35.9 Å². The average Bonchev–Trinajstić information content (AvgIpc) is 2.72. The molecule has 0 bridgehead atoms. The molecule has 2 aliphatic carbocycles. The van der Waals surface area contributed by atoms with Gasteiger partial charge in [-0.25, -0.2) is 0 Å². The number of halogens is 1. The van der Waals surface area contributed by atoms with Gasteiger partial charge >= 0.3 is 0 Å². The van der Waals surface area contributed by atoms with E-state index in [9.17, 15) is 4.79 Å². The van der Waals surface area contributed by atoms with Crippen molar-refractivity contribution in [3.63, 3.8) is 0 Å². The van der Waals surface area contributed by atoms with E-state index in [1.807, 2.05) is 0 Å². The van der Waals surface area contributed by atoms with E-state index in [1.54, 1.807) is 0 Å². The van der Waals surface area contributed by atoms with Crippen LogP contribution in [0.3, 0.4) is 0 Å². The lowest BCUT2D eigenvalue weighted by atomic mass is 10.0. The van der Waals surface area contributed by atoms with Gasteiger partial charge in [0, 0.05) is 15.7 Å². The number of carbonyl (C=O) groups is 1. The van der Waals surface area contributed by atoms with E-state index < -0.39 is 0 Å². The van der Waals surface area contributed by atoms with Crippen LogP contribution in [0.25, 0.3) is 0 Å². The summed E-state index contributed by atoms with van der Waals surface area (Å²) in [6.07, 6.45) is 4.23. The molecule has 0 amide bonds. The Hall–Kier alpha value is -0.380. The molecule has 2 saturated carbocycles. The molecule has 1 aromatic rings. The van der Waals surface area contributed by atoms with Gasteiger partial charge in [-0.1, -0.05) is 30.3 Å². The lowest BCUT2D eigenvalue weighted by molar-refractivity contribution is -0.118. The Labute approximate surface area is 117 Å². The quantitative estimate of drug-likeness (QED) is 0.766. The molecule has 2 heteroatoms. The minimum Gasteiger partial charge on any atom is -0.300 e. The Morgan fingerprint density at radius 2 is 1.75 bits per heavy atom. The average molecular weight is 332 g/mol. The topological polar surface area (TPSA) is 17.1 Å². The van der Waals surface area contributed by atoms with Gasteiger partial charge in [0.2, 0.25) is 0 Å². The van der Waals surface area contributed by atoms with Crippen LogP contribution in [0.15, 0.2) is 30.3 Å². The van der Waals surface area contributed by atoms with Gasteiger partial charge < -0.3 is 0 Å². The Kier molecular flexibility index (Phi) is 3.67. The fourth-order valence-electron chi connectivity index (χ4n) is 3.15. The molecule has 2 aliphatic rings. The van der Waals surface area contributed by atoms with Crippen LogP contribution >= 0.6 is 24.0 Å². The standard InChI is InChI=1S/C14H16O.HI.2H2/c15-11-8-13-12(14(13)9-11)7-6-10-4-2-1-3-5-10;;;/h1-5,12-14H,6-9H2;3*1H. The van der Waals surface area contributed by atoms with Crippen molar-refractivity contribution >= 4 is 29.8 Å². The maximum atomic E-state index is 11.1. The fraction of sp³-hybridized carbons (Fsp3) is 0.500. The number of rotatable bonds is 3. The van der Waals surface area contributed by atoms with E-state index in [-0.39, 0.29) is 26.8 Å². The van der Waals surface area contributed by atoms with Crippen LogP contribution in [0.1, 0.15) is 27.7 Å². The number of ketones is 1. The van der Waals surface area contributed by atoms with Crippen molar-refractivity contribution in [3.8, 4) is 0 Å². The Morgan fingerprint density at radius 3 is 2.38 bits per heavy atom. The third-order valence-electron chi connectivity index (χ3n) is 4.04. The van der Waals surface area contributed by atoms with Gasteiger partial charge in [0.05, 0.1) is 0 Å². The minimum atomic E-state index is 0. The highest BCUT2D eigenvalue weighted by atomic mass is 127. The maximum Gasteiger partial charge on any atom is 0.133 e. The molecule has 2 unspecified atom stereocenters. The van der Waals surface area contributed by atoms with E-state index in [4.69, 9.17) is 0 Å². The molecule has 2 fully saturated rings. The number of hydrogen-bond acceptors (Lipinski definition) is 1. The van der Waals surface area contributed by atoms with Crippen molar-refractivity contribution in [1.82, 2.24) is 0 Å². The van der Waals surface area contributed by atoms with Gasteiger partial charge in [-0.05, 0) is 36.2 Å². The molecule has 0 aliphatic heterocycles. The third-order valence-corrected chi connectivity index (χ3v) is 4.04. The van der Waals surface area contributed by atoms with Crippen molar-refractivity contribution < 1.29 is 7.65 Å². The summed E-state index contributed by atoms with van der Waals surface area (Å²) in [7, 11) is 0. The van der Waals surface area contributed by atoms with Crippen LogP contribution in [0, 0.1) is 17.8 Å². The van der Waals surface area contributed by atoms with E-state index in [0.717, 1.165) is 30.6 Å². The predicted octanol–water partition coefficient (Wildman–Crippen LogP) is 3.95. The monoisotopic (exact) mass is 332 g/mol. The first-order valence-electron chi connectivity index (χ1n) is 5.90. The molecular formula is C14H21IO. The summed E-state index contributed by atoms with van der Waals surface area (Å²) in [6.45, 7) is 0. The summed E-state index contributed by atoms with van der Waals surface area (Å²) in [5, 5.41) is 0. The molecule has 16 heavy (non-hydrogen) atoms. The summed E-state index contributed by atoms with van der Waals surface area (Å²) in [5.74, 6) is 2.89. The predicted molar refractivity (Wildman–Crippen MR) is 79.1 cm³/mol. The molecule has 0 radical (unpaired) electrons. The molecular weight excluding hydrogens is 311 g/mol. The maximum absolute atomic E-state index is 11.1. The van der Waals surface area contributed by atoms with Gasteiger partial charge in [0.15, 0.2) is 0 Å². The lowest BCUT2D eigenvalue weighted by Gasteiger charge is -2.02. The third kappa shape index (κ3) is 2.31. The van der Waals surface area contributed by atoms with Gasteiger partial charge in [-0.2, -0.15) is 0 Å². The second-order valence-electron chi connectivity index (χ2n) is 4.96. The summed E-state index contributed by atoms with van der Waals surface area (Å²) in [5.41, 5.74) is 1.44. The van der Waals surface area contributed by atoms with E-state index >= 15 is 0 Å². The highest BCUT2D eigenvalue weighted by Crippen LogP contribution is 2.57. The minimum absolute atomic E-state index is 0. The summed E-state index contributed by atoms with van der Waals surface area (Å²) >= 11 is 0. The number of Topliss-reactive ketones (excluding diaryl/α,β-unsaturated/α-hetero) is 1. The summed E-state index contributed by atoms with van der Waals surface area (Å²) in [6, 6.07) is 10.7. The van der Waals surface area contributed by atoms with Crippen LogP contribution in [-0.2, 0) is 11.2 Å². The van der Waals surface area contributed by atoms with Crippen LogP contribution < -0.4 is 0 Å². The van der Waals surface area contributed by atoms with Crippen LogP contribution in [0.2, 0.25) is 0 Å². The molecule has 0 N–H and O–H groups in total. The zero-order valence-corrected chi connectivity index (χ0v) is 11.6. The molecule has 2 atom stereocenters. The SMILES string of the molecule is I.O=C1CC2C(CCc3ccccc3)C2C1.[HH].[HH]. The highest BCUT2D eigenvalue weighted by Gasteiger charge is 2.54. The highest BCUT2D eigenvalue weighted by molar-refractivity contribution is 14.0. The van der Waals surface area contributed by atoms with Crippen LogP contribution in [0.4, 0.5) is 0 Å². The van der Waals surface area contributed by atoms with E-state index in [1.165, 1.54) is 18.4 Å². The number of aryl methyl sites for hydroxylation is 1. The molecule has 3 rings (SSSR count). The largest absolute Gasteiger partial charge is 0.300 e. The Balaban J connectivity index is 0.000000963. The van der Waals surface area contributed by atoms with E-state index in [0.29, 0.717) is 5.78 Å². The molecule has 1 aromatic carbocycles. The van der Waals surface area contributed by atoms with Crippen molar-refractivity contribution in [2.45, 2.75) is 25.7 Å². The van der Waals surface area contributed by atoms with Crippen molar-refractivity contribution in [1.29, 1.82) is 0 Å². The number of fused-ring (bicyclic) bond motifs is 1. The second-order valence-corrected chi connectivity index (χ2v) is 4.96. The normalized spacial score (nSPS) is 30.8. The zero-order valence-electron chi connectivity index (χ0n) is 9.26. The fourth-order valence-corrected chi connectivity index (χ4v) is 3.15. The first-order valence-corrected chi connectivity index (χ1v) is 5.90. The zero-order chi connectivity index (χ0) is 10.3. The molecule has 0 aromatic heterocycles. The molecule has 90 valence electrons. The molecule has 0 heterocycles. The van der Waals surface area contributed by atoms with Gasteiger partial charge in [0.1, 0.15) is 5.78 Å². The van der Waals surface area contributed by atoms with Crippen molar-refractivity contribution in [2.24, 2.45) is 17.8 Å². The lowest BCUT2D eigenvalue weighted by Crippen LogP contribution is -1.99.